The minimum absolute atomic E-state index is 0.247. The number of hydrogen-bond acceptors (Lipinski definition) is 6. The van der Waals surface area contributed by atoms with Crippen LogP contribution in [0.3, 0.4) is 0 Å². The highest BCUT2D eigenvalue weighted by atomic mass is 16.6. The van der Waals surface area contributed by atoms with Gasteiger partial charge in [-0.3, -0.25) is 10.2 Å². The fraction of sp³-hybridized carbons (Fsp3) is 0.429. The summed E-state index contributed by atoms with van der Waals surface area (Å²) in [5.41, 5.74) is 3.91. The molecule has 0 aromatic heterocycles. The molecule has 0 heterocycles. The zero-order chi connectivity index (χ0) is 15.8. The monoisotopic (exact) mass is 295 g/mol. The molecule has 1 amide bonds. The fourth-order valence-corrected chi connectivity index (χ4v) is 1.73. The van der Waals surface area contributed by atoms with Crippen molar-refractivity contribution in [1.82, 2.24) is 10.4 Å². The molecule has 0 aliphatic carbocycles. The number of carbonyl (C=O) groups is 1. The number of hydrogen-bond donors (Lipinski definition) is 1. The van der Waals surface area contributed by atoms with Crippen LogP contribution in [0.4, 0.5) is 0 Å². The van der Waals surface area contributed by atoms with Crippen molar-refractivity contribution >= 4 is 11.6 Å². The van der Waals surface area contributed by atoms with E-state index in [4.69, 9.17) is 9.47 Å². The van der Waals surface area contributed by atoms with E-state index in [1.165, 1.54) is 7.11 Å². The maximum absolute atomic E-state index is 11.7. The second kappa shape index (κ2) is 8.11. The number of methoxy groups -OCH3 is 2. The second-order valence-corrected chi connectivity index (χ2v) is 4.35. The minimum atomic E-state index is -0.320. The zero-order valence-electron chi connectivity index (χ0n) is 13.0. The van der Waals surface area contributed by atoms with Gasteiger partial charge in [0.15, 0.2) is 11.5 Å². The first-order chi connectivity index (χ1) is 10.0. The number of rotatable bonds is 7. The van der Waals surface area contributed by atoms with Gasteiger partial charge in [0.1, 0.15) is 12.8 Å². The highest BCUT2D eigenvalue weighted by molar-refractivity contribution is 6.37. The molecule has 0 aliphatic heterocycles. The van der Waals surface area contributed by atoms with E-state index in [1.807, 2.05) is 18.2 Å². The molecule has 0 radical (unpaired) electrons. The molecule has 7 heteroatoms. The van der Waals surface area contributed by atoms with E-state index in [0.29, 0.717) is 18.0 Å². The molecule has 7 nitrogen and oxygen atoms in total. The summed E-state index contributed by atoms with van der Waals surface area (Å²) in [5, 5.41) is 5.23. The number of hydrazine groups is 1. The van der Waals surface area contributed by atoms with Gasteiger partial charge in [0.25, 0.3) is 5.91 Å². The Bertz CT molecular complexity index is 517. The summed E-state index contributed by atoms with van der Waals surface area (Å²) in [4.78, 5) is 16.3. The molecule has 0 bridgehead atoms. The first-order valence-corrected chi connectivity index (χ1v) is 6.32. The van der Waals surface area contributed by atoms with Gasteiger partial charge in [0.2, 0.25) is 0 Å². The third-order valence-electron chi connectivity index (χ3n) is 2.72. The lowest BCUT2D eigenvalue weighted by atomic mass is 10.2. The molecule has 0 saturated carbocycles. The lowest BCUT2D eigenvalue weighted by molar-refractivity contribution is -0.119. The molecule has 21 heavy (non-hydrogen) atoms. The van der Waals surface area contributed by atoms with Crippen LogP contribution in [0.15, 0.2) is 23.4 Å². The number of oxime groups is 1. The van der Waals surface area contributed by atoms with Gasteiger partial charge in [-0.2, -0.15) is 0 Å². The Labute approximate surface area is 124 Å². The van der Waals surface area contributed by atoms with Crippen LogP contribution in [-0.4, -0.2) is 45.0 Å². The molecule has 0 saturated heterocycles. The van der Waals surface area contributed by atoms with Crippen LogP contribution >= 0.6 is 0 Å². The van der Waals surface area contributed by atoms with Gasteiger partial charge in [-0.15, -0.1) is 0 Å². The molecule has 1 aromatic carbocycles. The molecule has 0 spiro atoms. The summed E-state index contributed by atoms with van der Waals surface area (Å²) in [5.74, 6) is 0.989. The maximum Gasteiger partial charge on any atom is 0.283 e. The van der Waals surface area contributed by atoms with E-state index in [9.17, 15) is 4.79 Å². The summed E-state index contributed by atoms with van der Waals surface area (Å²) >= 11 is 0. The second-order valence-electron chi connectivity index (χ2n) is 4.35. The summed E-state index contributed by atoms with van der Waals surface area (Å²) < 4.78 is 10.4. The largest absolute Gasteiger partial charge is 0.493 e. The van der Waals surface area contributed by atoms with Gasteiger partial charge in [-0.25, -0.2) is 5.01 Å². The van der Waals surface area contributed by atoms with E-state index in [2.05, 4.69) is 15.4 Å². The van der Waals surface area contributed by atoms with Gasteiger partial charge < -0.3 is 14.3 Å². The van der Waals surface area contributed by atoms with Crippen molar-refractivity contribution in [1.29, 1.82) is 0 Å². The summed E-state index contributed by atoms with van der Waals surface area (Å²) in [6.07, 6.45) is 0. The van der Waals surface area contributed by atoms with Crippen molar-refractivity contribution in [2.75, 3.05) is 28.4 Å². The van der Waals surface area contributed by atoms with Crippen LogP contribution in [0.25, 0.3) is 0 Å². The topological polar surface area (TPSA) is 72.4 Å². The molecule has 1 rings (SSSR count). The predicted octanol–water partition coefficient (Wildman–Crippen LogP) is 1.19. The zero-order valence-corrected chi connectivity index (χ0v) is 13.0. The first-order valence-electron chi connectivity index (χ1n) is 6.32. The van der Waals surface area contributed by atoms with Crippen molar-refractivity contribution in [2.45, 2.75) is 13.5 Å². The van der Waals surface area contributed by atoms with E-state index in [-0.39, 0.29) is 11.6 Å². The van der Waals surface area contributed by atoms with E-state index < -0.39 is 0 Å². The van der Waals surface area contributed by atoms with Gasteiger partial charge in [-0.1, -0.05) is 11.2 Å². The van der Waals surface area contributed by atoms with Crippen molar-refractivity contribution < 1.29 is 19.1 Å². The van der Waals surface area contributed by atoms with E-state index >= 15 is 0 Å². The van der Waals surface area contributed by atoms with Crippen LogP contribution in [0.2, 0.25) is 0 Å². The molecule has 0 fully saturated rings. The first kappa shape index (κ1) is 16.8. The van der Waals surface area contributed by atoms with Gasteiger partial charge in [-0.05, 0) is 24.6 Å². The minimum Gasteiger partial charge on any atom is -0.493 e. The molecule has 116 valence electrons. The number of carbonyl (C=O) groups excluding carboxylic acids is 1. The Morgan fingerprint density at radius 2 is 1.90 bits per heavy atom. The Morgan fingerprint density at radius 1 is 1.24 bits per heavy atom. The van der Waals surface area contributed by atoms with Crippen molar-refractivity contribution in [3.05, 3.63) is 23.8 Å². The number of benzene rings is 1. The average molecular weight is 295 g/mol. The highest BCUT2D eigenvalue weighted by Gasteiger charge is 2.11. The summed E-state index contributed by atoms with van der Waals surface area (Å²) in [7, 11) is 6.32. The highest BCUT2D eigenvalue weighted by Crippen LogP contribution is 2.27. The van der Waals surface area contributed by atoms with E-state index in [0.717, 1.165) is 5.56 Å². The molecule has 0 atom stereocenters. The van der Waals surface area contributed by atoms with Crippen molar-refractivity contribution in [3.63, 3.8) is 0 Å². The lowest BCUT2D eigenvalue weighted by Crippen LogP contribution is -2.41. The SMILES string of the molecule is CO/N=C(\C)C(=O)NN(C)Cc1ccc(OC)c(OC)c1. The summed E-state index contributed by atoms with van der Waals surface area (Å²) in [6.45, 7) is 2.08. The Balaban J connectivity index is 2.69. The third kappa shape index (κ3) is 4.96. The molecule has 1 N–H and O–H groups in total. The Hall–Kier alpha value is -2.28. The maximum atomic E-state index is 11.7. The smallest absolute Gasteiger partial charge is 0.283 e. The molecular formula is C14H21N3O4. The average Bonchev–Trinajstić information content (AvgIpc) is 2.47. The van der Waals surface area contributed by atoms with Crippen LogP contribution in [0.5, 0.6) is 11.5 Å². The van der Waals surface area contributed by atoms with Crippen LogP contribution in [0, 0.1) is 0 Å². The molecular weight excluding hydrogens is 274 g/mol. The van der Waals surface area contributed by atoms with Crippen LogP contribution in [0.1, 0.15) is 12.5 Å². The third-order valence-corrected chi connectivity index (χ3v) is 2.72. The number of amides is 1. The van der Waals surface area contributed by atoms with Crippen LogP contribution in [-0.2, 0) is 16.2 Å². The molecule has 0 aliphatic rings. The number of nitrogens with zero attached hydrogens (tertiary/aromatic N) is 2. The summed E-state index contributed by atoms with van der Waals surface area (Å²) in [6, 6.07) is 5.58. The number of nitrogens with one attached hydrogen (secondary N) is 1. The van der Waals surface area contributed by atoms with Crippen molar-refractivity contribution in [3.8, 4) is 11.5 Å². The normalized spacial score (nSPS) is 11.2. The quantitative estimate of drug-likeness (QED) is 0.604. The van der Waals surface area contributed by atoms with E-state index in [1.54, 1.807) is 33.2 Å². The van der Waals surface area contributed by atoms with Gasteiger partial charge >= 0.3 is 0 Å². The predicted molar refractivity (Wildman–Crippen MR) is 79.3 cm³/mol. The molecule has 1 aromatic rings. The lowest BCUT2D eigenvalue weighted by Gasteiger charge is -2.18. The Morgan fingerprint density at radius 3 is 2.48 bits per heavy atom. The van der Waals surface area contributed by atoms with Gasteiger partial charge in [0.05, 0.1) is 14.2 Å². The van der Waals surface area contributed by atoms with Crippen molar-refractivity contribution in [2.24, 2.45) is 5.16 Å². The van der Waals surface area contributed by atoms with Crippen LogP contribution < -0.4 is 14.9 Å². The molecule has 0 unspecified atom stereocenters. The fourth-order valence-electron chi connectivity index (χ4n) is 1.73. The van der Waals surface area contributed by atoms with Gasteiger partial charge in [0, 0.05) is 13.6 Å². The Kier molecular flexibility index (Phi) is 6.48. The number of ether oxygens (including phenoxy) is 2. The standard InChI is InChI=1S/C14H21N3O4/c1-10(16-21-5)14(18)15-17(2)9-11-6-7-12(19-3)13(8-11)20-4/h6-8H,9H2,1-5H3,(H,15,18)/b16-10+.